The minimum Gasteiger partial charge on any atom is -0.377 e. The second-order valence-corrected chi connectivity index (χ2v) is 6.31. The Morgan fingerprint density at radius 3 is 2.67 bits per heavy atom. The first-order valence-electron chi connectivity index (χ1n) is 7.97. The Morgan fingerprint density at radius 2 is 1.95 bits per heavy atom. The standard InChI is InChI=1S/C18H28N2O/c1-14(2)12-19-13-17-7-5-6-16-8-9-20(18(16)17)10-11-21-15(3)4/h5-9,14-15,19H,10-13H2,1-4H3. The topological polar surface area (TPSA) is 26.2 Å². The predicted octanol–water partition coefficient (Wildman–Crippen LogP) is 3.81. The van der Waals surface area contributed by atoms with Crippen molar-refractivity contribution in [3.8, 4) is 0 Å². The summed E-state index contributed by atoms with van der Waals surface area (Å²) >= 11 is 0. The van der Waals surface area contributed by atoms with Gasteiger partial charge in [-0.15, -0.1) is 0 Å². The Labute approximate surface area is 128 Å². The molecule has 3 heteroatoms. The molecule has 0 unspecified atom stereocenters. The lowest BCUT2D eigenvalue weighted by Crippen LogP contribution is -2.19. The summed E-state index contributed by atoms with van der Waals surface area (Å²) in [6.07, 6.45) is 2.46. The molecule has 0 saturated heterocycles. The minimum absolute atomic E-state index is 0.291. The van der Waals surface area contributed by atoms with E-state index in [0.717, 1.165) is 26.2 Å². The van der Waals surface area contributed by atoms with Crippen LogP contribution in [0.3, 0.4) is 0 Å². The van der Waals surface area contributed by atoms with Gasteiger partial charge in [-0.1, -0.05) is 32.0 Å². The fourth-order valence-corrected chi connectivity index (χ4v) is 2.55. The molecule has 21 heavy (non-hydrogen) atoms. The highest BCUT2D eigenvalue weighted by atomic mass is 16.5. The number of nitrogens with zero attached hydrogens (tertiary/aromatic N) is 1. The highest BCUT2D eigenvalue weighted by molar-refractivity contribution is 5.83. The first-order chi connectivity index (χ1) is 10.1. The Morgan fingerprint density at radius 1 is 1.14 bits per heavy atom. The van der Waals surface area contributed by atoms with Crippen LogP contribution in [0, 0.1) is 5.92 Å². The number of ether oxygens (including phenoxy) is 1. The number of para-hydroxylation sites is 1. The monoisotopic (exact) mass is 288 g/mol. The maximum atomic E-state index is 5.68. The Hall–Kier alpha value is -1.32. The second-order valence-electron chi connectivity index (χ2n) is 6.31. The molecule has 0 spiro atoms. The molecule has 0 radical (unpaired) electrons. The fourth-order valence-electron chi connectivity index (χ4n) is 2.55. The summed E-state index contributed by atoms with van der Waals surface area (Å²) in [6, 6.07) is 8.73. The molecule has 2 rings (SSSR count). The molecule has 1 N–H and O–H groups in total. The Balaban J connectivity index is 2.11. The number of hydrogen-bond acceptors (Lipinski definition) is 2. The van der Waals surface area contributed by atoms with Crippen molar-refractivity contribution in [3.05, 3.63) is 36.0 Å². The average molecular weight is 288 g/mol. The van der Waals surface area contributed by atoms with Crippen molar-refractivity contribution in [2.75, 3.05) is 13.2 Å². The average Bonchev–Trinajstić information content (AvgIpc) is 2.82. The summed E-state index contributed by atoms with van der Waals surface area (Å²) in [4.78, 5) is 0. The molecule has 0 aliphatic carbocycles. The van der Waals surface area contributed by atoms with Crippen LogP contribution < -0.4 is 5.32 Å². The zero-order valence-electron chi connectivity index (χ0n) is 13.7. The Kier molecular flexibility index (Phi) is 5.83. The molecule has 0 aliphatic rings. The predicted molar refractivity (Wildman–Crippen MR) is 89.6 cm³/mol. The van der Waals surface area contributed by atoms with Crippen LogP contribution in [0.5, 0.6) is 0 Å². The molecular weight excluding hydrogens is 260 g/mol. The van der Waals surface area contributed by atoms with Gasteiger partial charge in [0.25, 0.3) is 0 Å². The molecule has 0 amide bonds. The lowest BCUT2D eigenvalue weighted by Gasteiger charge is -2.13. The van der Waals surface area contributed by atoms with Crippen LogP contribution in [0.1, 0.15) is 33.3 Å². The van der Waals surface area contributed by atoms with Gasteiger partial charge in [0, 0.05) is 19.3 Å². The summed E-state index contributed by atoms with van der Waals surface area (Å²) in [7, 11) is 0. The largest absolute Gasteiger partial charge is 0.377 e. The van der Waals surface area contributed by atoms with E-state index in [1.54, 1.807) is 0 Å². The molecule has 0 fully saturated rings. The highest BCUT2D eigenvalue weighted by Crippen LogP contribution is 2.20. The van der Waals surface area contributed by atoms with E-state index in [0.29, 0.717) is 12.0 Å². The van der Waals surface area contributed by atoms with Gasteiger partial charge in [0.2, 0.25) is 0 Å². The van der Waals surface area contributed by atoms with Gasteiger partial charge < -0.3 is 14.6 Å². The van der Waals surface area contributed by atoms with Gasteiger partial charge in [0.05, 0.1) is 18.2 Å². The van der Waals surface area contributed by atoms with Crippen LogP contribution in [0.15, 0.2) is 30.5 Å². The van der Waals surface area contributed by atoms with Crippen molar-refractivity contribution < 1.29 is 4.74 Å². The smallest absolute Gasteiger partial charge is 0.0649 e. The molecule has 116 valence electrons. The molecule has 3 nitrogen and oxygen atoms in total. The van der Waals surface area contributed by atoms with E-state index in [4.69, 9.17) is 4.74 Å². The molecular formula is C18H28N2O. The van der Waals surface area contributed by atoms with Crippen molar-refractivity contribution in [1.29, 1.82) is 0 Å². The zero-order chi connectivity index (χ0) is 15.2. The first-order valence-corrected chi connectivity index (χ1v) is 7.97. The Bertz CT molecular complexity index is 557. The van der Waals surface area contributed by atoms with Crippen molar-refractivity contribution >= 4 is 10.9 Å². The normalized spacial score (nSPS) is 11.9. The maximum absolute atomic E-state index is 5.68. The van der Waals surface area contributed by atoms with E-state index >= 15 is 0 Å². The number of fused-ring (bicyclic) bond motifs is 1. The zero-order valence-corrected chi connectivity index (χ0v) is 13.7. The molecule has 0 atom stereocenters. The van der Waals surface area contributed by atoms with Crippen LogP contribution >= 0.6 is 0 Å². The second kappa shape index (κ2) is 7.62. The summed E-state index contributed by atoms with van der Waals surface area (Å²) in [5.74, 6) is 0.676. The third-order valence-electron chi connectivity index (χ3n) is 3.52. The minimum atomic E-state index is 0.291. The maximum Gasteiger partial charge on any atom is 0.0649 e. The van der Waals surface area contributed by atoms with Gasteiger partial charge in [-0.05, 0) is 43.3 Å². The van der Waals surface area contributed by atoms with Gasteiger partial charge in [0.15, 0.2) is 0 Å². The molecule has 1 aromatic heterocycles. The fraction of sp³-hybridized carbons (Fsp3) is 0.556. The summed E-state index contributed by atoms with van der Waals surface area (Å²) in [5, 5.41) is 4.85. The number of benzene rings is 1. The lowest BCUT2D eigenvalue weighted by atomic mass is 10.1. The van der Waals surface area contributed by atoms with Crippen LogP contribution in [-0.4, -0.2) is 23.8 Å². The van der Waals surface area contributed by atoms with E-state index in [-0.39, 0.29) is 0 Å². The number of nitrogens with one attached hydrogen (secondary N) is 1. The highest BCUT2D eigenvalue weighted by Gasteiger charge is 2.07. The van der Waals surface area contributed by atoms with Gasteiger partial charge >= 0.3 is 0 Å². The van der Waals surface area contributed by atoms with Gasteiger partial charge in [-0.25, -0.2) is 0 Å². The van der Waals surface area contributed by atoms with E-state index in [9.17, 15) is 0 Å². The van der Waals surface area contributed by atoms with Crippen molar-refractivity contribution in [3.63, 3.8) is 0 Å². The quantitative estimate of drug-likeness (QED) is 0.799. The van der Waals surface area contributed by atoms with Crippen molar-refractivity contribution in [2.24, 2.45) is 5.92 Å². The van der Waals surface area contributed by atoms with Gasteiger partial charge in [-0.3, -0.25) is 0 Å². The summed E-state index contributed by atoms with van der Waals surface area (Å²) in [6.45, 7) is 12.3. The van der Waals surface area contributed by atoms with Crippen LogP contribution in [-0.2, 0) is 17.8 Å². The first kappa shape index (κ1) is 16.1. The summed E-state index contributed by atoms with van der Waals surface area (Å²) in [5.41, 5.74) is 2.70. The summed E-state index contributed by atoms with van der Waals surface area (Å²) < 4.78 is 7.99. The number of rotatable bonds is 8. The molecule has 2 aromatic rings. The molecule has 0 aliphatic heterocycles. The lowest BCUT2D eigenvalue weighted by molar-refractivity contribution is 0.0733. The number of hydrogen-bond donors (Lipinski definition) is 1. The van der Waals surface area contributed by atoms with E-state index < -0.39 is 0 Å². The van der Waals surface area contributed by atoms with Crippen LogP contribution in [0.4, 0.5) is 0 Å². The molecule has 1 aromatic carbocycles. The van der Waals surface area contributed by atoms with Crippen LogP contribution in [0.2, 0.25) is 0 Å². The van der Waals surface area contributed by atoms with Gasteiger partial charge in [-0.2, -0.15) is 0 Å². The van der Waals surface area contributed by atoms with Crippen LogP contribution in [0.25, 0.3) is 10.9 Å². The van der Waals surface area contributed by atoms with E-state index in [2.05, 4.69) is 68.0 Å². The molecule has 1 heterocycles. The van der Waals surface area contributed by atoms with Crippen molar-refractivity contribution in [1.82, 2.24) is 9.88 Å². The molecule has 0 saturated carbocycles. The van der Waals surface area contributed by atoms with E-state index in [1.807, 2.05) is 0 Å². The van der Waals surface area contributed by atoms with Gasteiger partial charge in [0.1, 0.15) is 0 Å². The molecule has 0 bridgehead atoms. The van der Waals surface area contributed by atoms with E-state index in [1.165, 1.54) is 16.5 Å². The third-order valence-corrected chi connectivity index (χ3v) is 3.52. The third kappa shape index (κ3) is 4.58. The number of aromatic nitrogens is 1. The SMILES string of the molecule is CC(C)CNCc1cccc2ccn(CCOC(C)C)c12. The van der Waals surface area contributed by atoms with Crippen molar-refractivity contribution in [2.45, 2.75) is 46.9 Å².